The zero-order valence-electron chi connectivity index (χ0n) is 15.6. The molecule has 1 aromatic carbocycles. The Labute approximate surface area is 150 Å². The maximum Gasteiger partial charge on any atom is 0.238 e. The highest BCUT2D eigenvalue weighted by atomic mass is 16.2. The van der Waals surface area contributed by atoms with Crippen molar-refractivity contribution in [2.45, 2.75) is 34.1 Å². The van der Waals surface area contributed by atoms with Gasteiger partial charge in [0.2, 0.25) is 5.91 Å². The van der Waals surface area contributed by atoms with Gasteiger partial charge < -0.3 is 5.32 Å². The van der Waals surface area contributed by atoms with E-state index in [0.717, 1.165) is 35.9 Å². The summed E-state index contributed by atoms with van der Waals surface area (Å²) in [7, 11) is 0. The van der Waals surface area contributed by atoms with Gasteiger partial charge in [-0.15, -0.1) is 0 Å². The molecule has 0 radical (unpaired) electrons. The van der Waals surface area contributed by atoms with Crippen LogP contribution < -0.4 is 5.32 Å². The zero-order chi connectivity index (χ0) is 18.0. The number of carbonyl (C=O) groups is 1. The van der Waals surface area contributed by atoms with Crippen molar-refractivity contribution in [3.63, 3.8) is 0 Å². The highest BCUT2D eigenvalue weighted by molar-refractivity contribution is 5.93. The van der Waals surface area contributed by atoms with Crippen LogP contribution >= 0.6 is 0 Å². The number of rotatable bonds is 4. The number of anilines is 1. The summed E-state index contributed by atoms with van der Waals surface area (Å²) < 4.78 is 1.88. The number of hydrogen-bond acceptors (Lipinski definition) is 3. The molecule has 0 spiro atoms. The van der Waals surface area contributed by atoms with Crippen molar-refractivity contribution in [3.05, 3.63) is 41.7 Å². The fraction of sp³-hybridized carbons (Fsp3) is 0.500. The molecule has 134 valence electrons. The van der Waals surface area contributed by atoms with E-state index in [9.17, 15) is 4.79 Å². The number of para-hydroxylation sites is 1. The number of carbonyl (C=O) groups excluding carboxylic acids is 1. The first-order chi connectivity index (χ1) is 11.9. The van der Waals surface area contributed by atoms with Gasteiger partial charge in [-0.1, -0.05) is 32.0 Å². The van der Waals surface area contributed by atoms with E-state index in [1.165, 1.54) is 6.42 Å². The van der Waals surface area contributed by atoms with Gasteiger partial charge in [0.25, 0.3) is 0 Å². The SMILES string of the molecule is Cc1nn(-c2ccccc2)c(C)c1NC(=O)CN1C[C@H](C)C[C@H](C)C1. The molecule has 1 saturated heterocycles. The van der Waals surface area contributed by atoms with Gasteiger partial charge in [0.15, 0.2) is 0 Å². The van der Waals surface area contributed by atoms with Crippen molar-refractivity contribution in [3.8, 4) is 5.69 Å². The van der Waals surface area contributed by atoms with Gasteiger partial charge in [0, 0.05) is 13.1 Å². The number of nitrogens with zero attached hydrogens (tertiary/aromatic N) is 3. The van der Waals surface area contributed by atoms with Gasteiger partial charge >= 0.3 is 0 Å². The third-order valence-corrected chi connectivity index (χ3v) is 4.87. The van der Waals surface area contributed by atoms with Crippen LogP contribution in [0.1, 0.15) is 31.7 Å². The average Bonchev–Trinajstić information content (AvgIpc) is 2.83. The molecule has 5 heteroatoms. The Morgan fingerprint density at radius 1 is 1.16 bits per heavy atom. The molecule has 2 atom stereocenters. The summed E-state index contributed by atoms with van der Waals surface area (Å²) in [5, 5.41) is 7.67. The standard InChI is InChI=1S/C20H28N4O/c1-14-10-15(2)12-23(11-14)13-19(25)21-20-16(3)22-24(17(20)4)18-8-6-5-7-9-18/h5-9,14-15H,10-13H2,1-4H3,(H,21,25)/t14-,15+. The van der Waals surface area contributed by atoms with Crippen molar-refractivity contribution in [2.24, 2.45) is 11.8 Å². The van der Waals surface area contributed by atoms with Crippen LogP contribution in [-0.4, -0.2) is 40.2 Å². The Morgan fingerprint density at radius 2 is 1.80 bits per heavy atom. The number of likely N-dealkylation sites (tertiary alicyclic amines) is 1. The Morgan fingerprint density at radius 3 is 2.44 bits per heavy atom. The molecule has 0 saturated carbocycles. The van der Waals surface area contributed by atoms with Crippen molar-refractivity contribution in [2.75, 3.05) is 25.0 Å². The summed E-state index contributed by atoms with van der Waals surface area (Å²) >= 11 is 0. The predicted octanol–water partition coefficient (Wildman–Crippen LogP) is 3.41. The van der Waals surface area contributed by atoms with Gasteiger partial charge in [0.05, 0.1) is 29.3 Å². The lowest BCUT2D eigenvalue weighted by Crippen LogP contribution is -2.42. The van der Waals surface area contributed by atoms with E-state index in [4.69, 9.17) is 0 Å². The number of piperidine rings is 1. The Kier molecular flexibility index (Phi) is 5.23. The van der Waals surface area contributed by atoms with Crippen LogP contribution in [0.2, 0.25) is 0 Å². The summed E-state index contributed by atoms with van der Waals surface area (Å²) in [5.41, 5.74) is 3.63. The molecule has 0 unspecified atom stereocenters. The van der Waals surface area contributed by atoms with Crippen molar-refractivity contribution in [1.82, 2.24) is 14.7 Å². The molecular formula is C20H28N4O. The molecule has 2 aromatic rings. The van der Waals surface area contributed by atoms with Crippen molar-refractivity contribution in [1.29, 1.82) is 0 Å². The van der Waals surface area contributed by atoms with E-state index in [0.29, 0.717) is 18.4 Å². The number of aryl methyl sites for hydroxylation is 1. The lowest BCUT2D eigenvalue weighted by molar-refractivity contribution is -0.117. The molecule has 3 rings (SSSR count). The molecule has 2 heterocycles. The fourth-order valence-electron chi connectivity index (χ4n) is 3.95. The van der Waals surface area contributed by atoms with Gasteiger partial charge in [-0.3, -0.25) is 9.69 Å². The third kappa shape index (κ3) is 4.10. The minimum absolute atomic E-state index is 0.0418. The van der Waals surface area contributed by atoms with E-state index in [-0.39, 0.29) is 5.91 Å². The Hall–Kier alpha value is -2.14. The van der Waals surface area contributed by atoms with E-state index in [2.05, 4.69) is 29.2 Å². The number of nitrogens with one attached hydrogen (secondary N) is 1. The van der Waals surface area contributed by atoms with Crippen molar-refractivity contribution < 1.29 is 4.79 Å². The van der Waals surface area contributed by atoms with Gasteiger partial charge in [-0.2, -0.15) is 5.10 Å². The maximum absolute atomic E-state index is 12.6. The summed E-state index contributed by atoms with van der Waals surface area (Å²) in [4.78, 5) is 14.8. The van der Waals surface area contributed by atoms with Gasteiger partial charge in [-0.25, -0.2) is 4.68 Å². The van der Waals surface area contributed by atoms with Crippen LogP contribution in [-0.2, 0) is 4.79 Å². The highest BCUT2D eigenvalue weighted by Crippen LogP contribution is 2.24. The highest BCUT2D eigenvalue weighted by Gasteiger charge is 2.24. The molecular weight excluding hydrogens is 312 g/mol. The molecule has 1 aliphatic rings. The van der Waals surface area contributed by atoms with Crippen LogP contribution in [0.4, 0.5) is 5.69 Å². The summed E-state index contributed by atoms with van der Waals surface area (Å²) in [6.45, 7) is 10.9. The maximum atomic E-state index is 12.6. The minimum Gasteiger partial charge on any atom is -0.322 e. The smallest absolute Gasteiger partial charge is 0.238 e. The number of benzene rings is 1. The van der Waals surface area contributed by atoms with E-state index >= 15 is 0 Å². The second kappa shape index (κ2) is 7.40. The van der Waals surface area contributed by atoms with Crippen LogP contribution in [0.5, 0.6) is 0 Å². The largest absolute Gasteiger partial charge is 0.322 e. The molecule has 1 fully saturated rings. The zero-order valence-corrected chi connectivity index (χ0v) is 15.6. The second-order valence-corrected chi connectivity index (χ2v) is 7.48. The first-order valence-corrected chi connectivity index (χ1v) is 9.08. The normalized spacial score (nSPS) is 21.3. The Bertz CT molecular complexity index is 728. The monoisotopic (exact) mass is 340 g/mol. The lowest BCUT2D eigenvalue weighted by atomic mass is 9.92. The predicted molar refractivity (Wildman–Crippen MR) is 101 cm³/mol. The average molecular weight is 340 g/mol. The fourth-order valence-corrected chi connectivity index (χ4v) is 3.95. The van der Waals surface area contributed by atoms with Crippen molar-refractivity contribution >= 4 is 11.6 Å². The van der Waals surface area contributed by atoms with Gasteiger partial charge in [0.1, 0.15) is 0 Å². The minimum atomic E-state index is 0.0418. The van der Waals surface area contributed by atoms with Gasteiger partial charge in [-0.05, 0) is 44.2 Å². The molecule has 25 heavy (non-hydrogen) atoms. The van der Waals surface area contributed by atoms with E-state index < -0.39 is 0 Å². The molecule has 0 bridgehead atoms. The summed E-state index contributed by atoms with van der Waals surface area (Å²) in [6, 6.07) is 9.99. The van der Waals surface area contributed by atoms with Crippen LogP contribution in [0.15, 0.2) is 30.3 Å². The number of hydrogen-bond donors (Lipinski definition) is 1. The van der Waals surface area contributed by atoms with Crippen LogP contribution in [0, 0.1) is 25.7 Å². The summed E-state index contributed by atoms with van der Waals surface area (Å²) in [6.07, 6.45) is 1.25. The lowest BCUT2D eigenvalue weighted by Gasteiger charge is -2.34. The van der Waals surface area contributed by atoms with Crippen LogP contribution in [0.3, 0.4) is 0 Å². The quantitative estimate of drug-likeness (QED) is 0.928. The van der Waals surface area contributed by atoms with E-state index in [1.807, 2.05) is 48.9 Å². The molecule has 1 aromatic heterocycles. The molecule has 0 aliphatic carbocycles. The van der Waals surface area contributed by atoms with E-state index in [1.54, 1.807) is 0 Å². The first kappa shape index (κ1) is 17.7. The Balaban J connectivity index is 1.70. The number of aromatic nitrogens is 2. The molecule has 1 N–H and O–H groups in total. The third-order valence-electron chi connectivity index (χ3n) is 4.87. The first-order valence-electron chi connectivity index (χ1n) is 9.08. The molecule has 5 nitrogen and oxygen atoms in total. The number of amides is 1. The summed E-state index contributed by atoms with van der Waals surface area (Å²) in [5.74, 6) is 1.35. The molecule has 1 aliphatic heterocycles. The topological polar surface area (TPSA) is 50.2 Å². The molecule has 1 amide bonds. The van der Waals surface area contributed by atoms with Crippen LogP contribution in [0.25, 0.3) is 5.69 Å². The second-order valence-electron chi connectivity index (χ2n) is 7.48.